The van der Waals surface area contributed by atoms with Gasteiger partial charge in [-0.05, 0) is 49.0 Å². The fourth-order valence-electron chi connectivity index (χ4n) is 1.98. The number of rotatable bonds is 6. The first-order chi connectivity index (χ1) is 9.94. The highest BCUT2D eigenvalue weighted by Crippen LogP contribution is 2.26. The monoisotopic (exact) mass is 324 g/mol. The summed E-state index contributed by atoms with van der Waals surface area (Å²) in [6, 6.07) is 7.39. The third-order valence-electron chi connectivity index (χ3n) is 3.17. The van der Waals surface area contributed by atoms with E-state index in [2.05, 4.69) is 10.0 Å². The second-order valence-corrected chi connectivity index (χ2v) is 7.56. The molecule has 1 heterocycles. The van der Waals surface area contributed by atoms with Crippen molar-refractivity contribution in [3.63, 3.8) is 0 Å². The summed E-state index contributed by atoms with van der Waals surface area (Å²) in [5.41, 5.74) is 2.57. The van der Waals surface area contributed by atoms with E-state index in [-0.39, 0.29) is 0 Å². The van der Waals surface area contributed by atoms with E-state index in [1.807, 2.05) is 44.4 Å². The SMILES string of the molecule is CCNCc1sccc1S(=O)(=O)Nc1cc(C)ccc1C. The molecule has 0 aliphatic rings. The van der Waals surface area contributed by atoms with E-state index in [9.17, 15) is 8.42 Å². The molecule has 6 heteroatoms. The summed E-state index contributed by atoms with van der Waals surface area (Å²) in [5, 5.41) is 4.98. The summed E-state index contributed by atoms with van der Waals surface area (Å²) in [6.07, 6.45) is 0. The van der Waals surface area contributed by atoms with Crippen LogP contribution in [0.4, 0.5) is 5.69 Å². The predicted molar refractivity (Wildman–Crippen MR) is 88.4 cm³/mol. The van der Waals surface area contributed by atoms with Crippen LogP contribution in [-0.4, -0.2) is 15.0 Å². The quantitative estimate of drug-likeness (QED) is 0.857. The normalized spacial score (nSPS) is 11.6. The van der Waals surface area contributed by atoms with Crippen molar-refractivity contribution in [2.75, 3.05) is 11.3 Å². The minimum Gasteiger partial charge on any atom is -0.312 e. The fourth-order valence-corrected chi connectivity index (χ4v) is 4.52. The maximum absolute atomic E-state index is 12.6. The molecule has 0 aliphatic heterocycles. The molecule has 0 saturated heterocycles. The number of sulfonamides is 1. The summed E-state index contributed by atoms with van der Waals surface area (Å²) in [5.74, 6) is 0. The Morgan fingerprint density at radius 2 is 1.95 bits per heavy atom. The molecular formula is C15H20N2O2S2. The smallest absolute Gasteiger partial charge is 0.263 e. The van der Waals surface area contributed by atoms with Crippen LogP contribution in [0, 0.1) is 13.8 Å². The molecule has 0 radical (unpaired) electrons. The lowest BCUT2D eigenvalue weighted by molar-refractivity contribution is 0.599. The van der Waals surface area contributed by atoms with Gasteiger partial charge in [-0.25, -0.2) is 8.42 Å². The van der Waals surface area contributed by atoms with E-state index in [0.29, 0.717) is 17.1 Å². The summed E-state index contributed by atoms with van der Waals surface area (Å²) in [4.78, 5) is 1.18. The van der Waals surface area contributed by atoms with Crippen LogP contribution in [-0.2, 0) is 16.6 Å². The zero-order valence-electron chi connectivity index (χ0n) is 12.4. The molecule has 0 aliphatic carbocycles. The highest BCUT2D eigenvalue weighted by Gasteiger charge is 2.20. The van der Waals surface area contributed by atoms with Crippen molar-refractivity contribution in [1.29, 1.82) is 0 Å². The van der Waals surface area contributed by atoms with Crippen molar-refractivity contribution < 1.29 is 8.42 Å². The van der Waals surface area contributed by atoms with Gasteiger partial charge < -0.3 is 5.32 Å². The van der Waals surface area contributed by atoms with Gasteiger partial charge >= 0.3 is 0 Å². The number of hydrogen-bond donors (Lipinski definition) is 2. The summed E-state index contributed by atoms with van der Waals surface area (Å²) in [6.45, 7) is 7.21. The van der Waals surface area contributed by atoms with Gasteiger partial charge in [0.2, 0.25) is 0 Å². The average molecular weight is 324 g/mol. The minimum absolute atomic E-state index is 0.356. The van der Waals surface area contributed by atoms with E-state index in [1.54, 1.807) is 6.07 Å². The topological polar surface area (TPSA) is 58.2 Å². The lowest BCUT2D eigenvalue weighted by Gasteiger charge is -2.12. The number of thiophene rings is 1. The van der Waals surface area contributed by atoms with Crippen molar-refractivity contribution in [2.24, 2.45) is 0 Å². The van der Waals surface area contributed by atoms with Crippen LogP contribution in [0.25, 0.3) is 0 Å². The summed E-state index contributed by atoms with van der Waals surface area (Å²) < 4.78 is 27.9. The molecule has 0 saturated carbocycles. The first-order valence-corrected chi connectivity index (χ1v) is 9.17. The van der Waals surface area contributed by atoms with Crippen LogP contribution in [0.5, 0.6) is 0 Å². The van der Waals surface area contributed by atoms with Crippen molar-refractivity contribution >= 4 is 27.0 Å². The van der Waals surface area contributed by atoms with Crippen LogP contribution >= 0.6 is 11.3 Å². The standard InChI is InChI=1S/C15H20N2O2S2/c1-4-16-10-14-15(7-8-20-14)21(18,19)17-13-9-11(2)5-6-12(13)3/h5-9,16-17H,4,10H2,1-3H3. The predicted octanol–water partition coefficient (Wildman–Crippen LogP) is 3.28. The highest BCUT2D eigenvalue weighted by atomic mass is 32.2. The van der Waals surface area contributed by atoms with Gasteiger partial charge in [0.1, 0.15) is 4.90 Å². The van der Waals surface area contributed by atoms with E-state index >= 15 is 0 Å². The zero-order chi connectivity index (χ0) is 15.5. The van der Waals surface area contributed by atoms with Gasteiger partial charge in [-0.1, -0.05) is 19.1 Å². The number of hydrogen-bond acceptors (Lipinski definition) is 4. The first-order valence-electron chi connectivity index (χ1n) is 6.81. The molecule has 0 fully saturated rings. The van der Waals surface area contributed by atoms with E-state index in [0.717, 1.165) is 22.5 Å². The molecule has 2 rings (SSSR count). The van der Waals surface area contributed by atoms with Crippen LogP contribution in [0.3, 0.4) is 0 Å². The molecule has 4 nitrogen and oxygen atoms in total. The Bertz CT molecular complexity index is 721. The van der Waals surface area contributed by atoms with Crippen LogP contribution in [0.2, 0.25) is 0 Å². The van der Waals surface area contributed by atoms with Gasteiger partial charge in [0, 0.05) is 11.4 Å². The Labute approximate surface area is 130 Å². The fraction of sp³-hybridized carbons (Fsp3) is 0.333. The van der Waals surface area contributed by atoms with Crippen molar-refractivity contribution in [2.45, 2.75) is 32.2 Å². The van der Waals surface area contributed by atoms with Crippen LogP contribution in [0.1, 0.15) is 22.9 Å². The third kappa shape index (κ3) is 3.84. The van der Waals surface area contributed by atoms with Gasteiger partial charge in [-0.15, -0.1) is 11.3 Å². The lowest BCUT2D eigenvalue weighted by atomic mass is 10.1. The molecule has 0 bridgehead atoms. The Morgan fingerprint density at radius 3 is 2.67 bits per heavy atom. The molecule has 2 N–H and O–H groups in total. The number of nitrogens with one attached hydrogen (secondary N) is 2. The molecular weight excluding hydrogens is 304 g/mol. The second kappa shape index (κ2) is 6.60. The largest absolute Gasteiger partial charge is 0.312 e. The molecule has 0 unspecified atom stereocenters. The van der Waals surface area contributed by atoms with Crippen LogP contribution < -0.4 is 10.0 Å². The zero-order valence-corrected chi connectivity index (χ0v) is 14.1. The Kier molecular flexibility index (Phi) is 5.03. The Morgan fingerprint density at radius 1 is 1.19 bits per heavy atom. The van der Waals surface area contributed by atoms with Gasteiger partial charge in [0.15, 0.2) is 0 Å². The molecule has 0 atom stereocenters. The molecule has 0 spiro atoms. The lowest BCUT2D eigenvalue weighted by Crippen LogP contribution is -2.17. The average Bonchev–Trinajstić information content (AvgIpc) is 2.89. The van der Waals surface area contributed by atoms with Gasteiger partial charge in [0.25, 0.3) is 10.0 Å². The van der Waals surface area contributed by atoms with E-state index in [1.165, 1.54) is 11.3 Å². The molecule has 21 heavy (non-hydrogen) atoms. The van der Waals surface area contributed by atoms with Gasteiger partial charge in [-0.2, -0.15) is 0 Å². The molecule has 2 aromatic rings. The first kappa shape index (κ1) is 16.0. The Hall–Kier alpha value is -1.37. The number of anilines is 1. The van der Waals surface area contributed by atoms with Crippen LogP contribution in [0.15, 0.2) is 34.5 Å². The van der Waals surface area contributed by atoms with Gasteiger partial charge in [-0.3, -0.25) is 4.72 Å². The van der Waals surface area contributed by atoms with Crippen molar-refractivity contribution in [1.82, 2.24) is 5.32 Å². The second-order valence-electron chi connectivity index (χ2n) is 4.91. The van der Waals surface area contributed by atoms with Gasteiger partial charge in [0.05, 0.1) is 5.69 Å². The number of aryl methyl sites for hydroxylation is 2. The summed E-state index contributed by atoms with van der Waals surface area (Å²) >= 11 is 1.45. The van der Waals surface area contributed by atoms with E-state index < -0.39 is 10.0 Å². The van der Waals surface area contributed by atoms with Crippen molar-refractivity contribution in [3.05, 3.63) is 45.6 Å². The highest BCUT2D eigenvalue weighted by molar-refractivity contribution is 7.93. The van der Waals surface area contributed by atoms with Crippen molar-refractivity contribution in [3.8, 4) is 0 Å². The maximum Gasteiger partial charge on any atom is 0.263 e. The molecule has 0 amide bonds. The molecule has 1 aromatic heterocycles. The Balaban J connectivity index is 2.30. The molecule has 1 aromatic carbocycles. The molecule has 114 valence electrons. The number of benzene rings is 1. The maximum atomic E-state index is 12.6. The summed E-state index contributed by atoms with van der Waals surface area (Å²) in [7, 11) is -3.55. The van der Waals surface area contributed by atoms with E-state index in [4.69, 9.17) is 0 Å². The third-order valence-corrected chi connectivity index (χ3v) is 5.67. The minimum atomic E-state index is -3.55.